The Morgan fingerprint density at radius 2 is 1.80 bits per heavy atom. The van der Waals surface area contributed by atoms with E-state index in [1.165, 1.54) is 35.0 Å². The molecule has 0 amide bonds. The van der Waals surface area contributed by atoms with Crippen LogP contribution in [-0.2, 0) is 13.6 Å². The molecule has 1 aromatic carbocycles. The molecule has 2 aromatic rings. The molecule has 110 valence electrons. The van der Waals surface area contributed by atoms with Crippen LogP contribution in [-0.4, -0.2) is 10.6 Å². The molecule has 1 N–H and O–H groups in total. The number of rotatable bonds is 6. The van der Waals surface area contributed by atoms with Crippen LogP contribution in [0.2, 0.25) is 0 Å². The zero-order chi connectivity index (χ0) is 14.7. The lowest BCUT2D eigenvalue weighted by molar-refractivity contribution is 0.350. The van der Waals surface area contributed by atoms with Gasteiger partial charge in [-0.1, -0.05) is 44.9 Å². The highest BCUT2D eigenvalue weighted by Gasteiger charge is 2.15. The van der Waals surface area contributed by atoms with Gasteiger partial charge < -0.3 is 9.88 Å². The first-order chi connectivity index (χ1) is 9.60. The lowest BCUT2D eigenvalue weighted by Crippen LogP contribution is -2.33. The van der Waals surface area contributed by atoms with E-state index in [0.29, 0.717) is 6.04 Å². The molecular weight excluding hydrogens is 244 g/mol. The monoisotopic (exact) mass is 272 g/mol. The number of hydrogen-bond donors (Lipinski definition) is 1. The van der Waals surface area contributed by atoms with E-state index in [-0.39, 0.29) is 0 Å². The van der Waals surface area contributed by atoms with E-state index in [1.807, 2.05) is 0 Å². The van der Waals surface area contributed by atoms with E-state index in [0.717, 1.165) is 12.5 Å². The summed E-state index contributed by atoms with van der Waals surface area (Å²) in [6, 6.07) is 9.24. The van der Waals surface area contributed by atoms with Gasteiger partial charge in [-0.25, -0.2) is 0 Å². The number of para-hydroxylation sites is 1. The normalized spacial score (nSPS) is 13.3. The fourth-order valence-corrected chi connectivity index (χ4v) is 3.31. The van der Waals surface area contributed by atoms with Crippen molar-refractivity contribution in [1.82, 2.24) is 9.88 Å². The van der Waals surface area contributed by atoms with Crippen molar-refractivity contribution in [3.8, 4) is 0 Å². The van der Waals surface area contributed by atoms with Crippen molar-refractivity contribution in [1.29, 1.82) is 0 Å². The molecule has 0 saturated heterocycles. The van der Waals surface area contributed by atoms with E-state index in [4.69, 9.17) is 0 Å². The number of nitrogens with one attached hydrogen (secondary N) is 1. The summed E-state index contributed by atoms with van der Waals surface area (Å²) in [5, 5.41) is 5.10. The third-order valence-corrected chi connectivity index (χ3v) is 4.85. The summed E-state index contributed by atoms with van der Waals surface area (Å²) in [6.45, 7) is 10.1. The van der Waals surface area contributed by atoms with Gasteiger partial charge in [0.25, 0.3) is 0 Å². The second-order valence-electron chi connectivity index (χ2n) is 5.89. The molecule has 1 atom stereocenters. The van der Waals surface area contributed by atoms with Gasteiger partial charge in [-0.05, 0) is 31.4 Å². The third kappa shape index (κ3) is 2.76. The van der Waals surface area contributed by atoms with E-state index in [2.05, 4.69) is 68.9 Å². The van der Waals surface area contributed by atoms with Gasteiger partial charge in [-0.15, -0.1) is 0 Å². The zero-order valence-electron chi connectivity index (χ0n) is 13.5. The summed E-state index contributed by atoms with van der Waals surface area (Å²) in [4.78, 5) is 0. The highest BCUT2D eigenvalue weighted by molar-refractivity contribution is 5.85. The molecule has 0 aliphatic heterocycles. The smallest absolute Gasteiger partial charge is 0.0483 e. The first-order valence-corrected chi connectivity index (χ1v) is 7.86. The Morgan fingerprint density at radius 3 is 2.40 bits per heavy atom. The third-order valence-electron chi connectivity index (χ3n) is 4.85. The molecule has 0 radical (unpaired) electrons. The van der Waals surface area contributed by atoms with Crippen LogP contribution in [0.1, 0.15) is 44.9 Å². The first kappa shape index (κ1) is 15.1. The van der Waals surface area contributed by atoms with Gasteiger partial charge in [0.2, 0.25) is 0 Å². The molecule has 2 heteroatoms. The minimum absolute atomic E-state index is 0.572. The number of aromatic nitrogens is 1. The van der Waals surface area contributed by atoms with E-state index >= 15 is 0 Å². The molecular formula is C18H28N2. The van der Waals surface area contributed by atoms with Crippen molar-refractivity contribution in [2.75, 3.05) is 0 Å². The topological polar surface area (TPSA) is 17.0 Å². The van der Waals surface area contributed by atoms with Crippen LogP contribution in [0.4, 0.5) is 0 Å². The molecule has 0 spiro atoms. The maximum atomic E-state index is 3.72. The molecule has 2 nitrogen and oxygen atoms in total. The predicted octanol–water partition coefficient (Wildman–Crippen LogP) is 4.40. The lowest BCUT2D eigenvalue weighted by atomic mass is 9.95. The summed E-state index contributed by atoms with van der Waals surface area (Å²) >= 11 is 0. The van der Waals surface area contributed by atoms with E-state index in [9.17, 15) is 0 Å². The summed E-state index contributed by atoms with van der Waals surface area (Å²) in [5.41, 5.74) is 4.15. The Kier molecular flexibility index (Phi) is 4.87. The van der Waals surface area contributed by atoms with Gasteiger partial charge in [0.15, 0.2) is 0 Å². The molecule has 1 unspecified atom stereocenters. The molecule has 20 heavy (non-hydrogen) atoms. The van der Waals surface area contributed by atoms with Crippen molar-refractivity contribution in [3.63, 3.8) is 0 Å². The first-order valence-electron chi connectivity index (χ1n) is 7.86. The molecule has 0 bridgehead atoms. The van der Waals surface area contributed by atoms with Gasteiger partial charge in [0, 0.05) is 36.2 Å². The predicted molar refractivity (Wildman–Crippen MR) is 88.0 cm³/mol. The maximum absolute atomic E-state index is 3.72. The van der Waals surface area contributed by atoms with Crippen molar-refractivity contribution >= 4 is 10.9 Å². The highest BCUT2D eigenvalue weighted by atomic mass is 15.0. The number of fused-ring (bicyclic) bond motifs is 1. The molecule has 0 fully saturated rings. The maximum Gasteiger partial charge on any atom is 0.0483 e. The number of aryl methyl sites for hydroxylation is 2. The Balaban J connectivity index is 2.18. The fraction of sp³-hybridized carbons (Fsp3) is 0.556. The standard InChI is InChI=1S/C18H28N2/c1-6-15(7-2)14(4)19-12-18-13(3)16-10-8-9-11-17(16)20(18)5/h8-11,14-15,19H,6-7,12H2,1-5H3. The van der Waals surface area contributed by atoms with Gasteiger partial charge >= 0.3 is 0 Å². The Bertz CT molecular complexity index is 525. The Morgan fingerprint density at radius 1 is 1.15 bits per heavy atom. The number of hydrogen-bond acceptors (Lipinski definition) is 1. The van der Waals surface area contributed by atoms with Crippen molar-refractivity contribution in [2.24, 2.45) is 13.0 Å². The molecule has 0 aliphatic carbocycles. The van der Waals surface area contributed by atoms with E-state index in [1.54, 1.807) is 0 Å². The minimum atomic E-state index is 0.572. The van der Waals surface area contributed by atoms with Crippen LogP contribution in [0, 0.1) is 12.8 Å². The summed E-state index contributed by atoms with van der Waals surface area (Å²) in [7, 11) is 2.17. The molecule has 2 rings (SSSR count). The van der Waals surface area contributed by atoms with Crippen molar-refractivity contribution in [2.45, 2.75) is 53.1 Å². The van der Waals surface area contributed by atoms with Crippen LogP contribution in [0.5, 0.6) is 0 Å². The van der Waals surface area contributed by atoms with E-state index < -0.39 is 0 Å². The highest BCUT2D eigenvalue weighted by Crippen LogP contribution is 2.24. The number of benzene rings is 1. The SMILES string of the molecule is CCC(CC)C(C)NCc1c(C)c2ccccc2n1C. The van der Waals surface area contributed by atoms with Gasteiger partial charge in [0.05, 0.1) is 0 Å². The molecule has 1 heterocycles. The van der Waals surface area contributed by atoms with Gasteiger partial charge in [-0.2, -0.15) is 0 Å². The Labute approximate surface area is 123 Å². The van der Waals surface area contributed by atoms with Crippen molar-refractivity contribution in [3.05, 3.63) is 35.5 Å². The fourth-order valence-electron chi connectivity index (χ4n) is 3.31. The number of nitrogens with zero attached hydrogens (tertiary/aromatic N) is 1. The van der Waals surface area contributed by atoms with Crippen LogP contribution in [0.3, 0.4) is 0 Å². The summed E-state index contributed by atoms with van der Waals surface area (Å²) in [5.74, 6) is 0.769. The van der Waals surface area contributed by atoms with Crippen LogP contribution >= 0.6 is 0 Å². The second-order valence-corrected chi connectivity index (χ2v) is 5.89. The lowest BCUT2D eigenvalue weighted by Gasteiger charge is -2.23. The van der Waals surface area contributed by atoms with Crippen LogP contribution in [0.15, 0.2) is 24.3 Å². The minimum Gasteiger partial charge on any atom is -0.346 e. The van der Waals surface area contributed by atoms with Gasteiger partial charge in [0.1, 0.15) is 0 Å². The zero-order valence-corrected chi connectivity index (χ0v) is 13.5. The quantitative estimate of drug-likeness (QED) is 0.824. The molecule has 0 saturated carbocycles. The average Bonchev–Trinajstić information content (AvgIpc) is 2.71. The van der Waals surface area contributed by atoms with Crippen LogP contribution in [0.25, 0.3) is 10.9 Å². The molecule has 1 aromatic heterocycles. The summed E-state index contributed by atoms with van der Waals surface area (Å²) in [6.07, 6.45) is 2.50. The van der Waals surface area contributed by atoms with Gasteiger partial charge in [-0.3, -0.25) is 0 Å². The average molecular weight is 272 g/mol. The largest absolute Gasteiger partial charge is 0.346 e. The Hall–Kier alpha value is -1.28. The molecule has 0 aliphatic rings. The summed E-state index contributed by atoms with van der Waals surface area (Å²) < 4.78 is 2.33. The van der Waals surface area contributed by atoms with Crippen LogP contribution < -0.4 is 5.32 Å². The second kappa shape index (κ2) is 6.45. The van der Waals surface area contributed by atoms with Crippen molar-refractivity contribution < 1.29 is 0 Å².